The van der Waals surface area contributed by atoms with Crippen molar-refractivity contribution in [1.29, 1.82) is 0 Å². The van der Waals surface area contributed by atoms with E-state index in [2.05, 4.69) is 0 Å². The Kier molecular flexibility index (Phi) is 5.45. The Morgan fingerprint density at radius 1 is 1.58 bits per heavy atom. The maximum absolute atomic E-state index is 10.6. The van der Waals surface area contributed by atoms with E-state index in [9.17, 15) is 9.59 Å². The minimum atomic E-state index is -0.861. The predicted octanol–water partition coefficient (Wildman–Crippen LogP) is 1.15. The van der Waals surface area contributed by atoms with Crippen LogP contribution < -0.4 is 4.84 Å². The second-order valence-corrected chi connectivity index (χ2v) is 2.69. The molecule has 0 aromatic rings. The van der Waals surface area contributed by atoms with Gasteiger partial charge in [-0.05, 0) is 12.8 Å². The van der Waals surface area contributed by atoms with Crippen LogP contribution in [0.5, 0.6) is 0 Å². The van der Waals surface area contributed by atoms with Gasteiger partial charge in [-0.2, -0.15) is 0 Å². The summed E-state index contributed by atoms with van der Waals surface area (Å²) in [7, 11) is 0. The zero-order valence-electron chi connectivity index (χ0n) is 6.84. The van der Waals surface area contributed by atoms with E-state index in [-0.39, 0.29) is 12.3 Å². The molecule has 0 spiro atoms. The predicted molar refractivity (Wildman–Crippen MR) is 44.6 cm³/mol. The van der Waals surface area contributed by atoms with E-state index >= 15 is 0 Å². The minimum Gasteiger partial charge on any atom is -0.481 e. The van der Waals surface area contributed by atoms with Crippen LogP contribution in [0.3, 0.4) is 0 Å². The fourth-order valence-corrected chi connectivity index (χ4v) is 0.949. The quantitative estimate of drug-likeness (QED) is 0.644. The summed E-state index contributed by atoms with van der Waals surface area (Å²) in [6, 6.07) is 0. The number of carboxylic acid groups (broad SMARTS) is 1. The molecular weight excluding hydrogens is 182 g/mol. The van der Waals surface area contributed by atoms with Crippen molar-refractivity contribution in [3.05, 3.63) is 0 Å². The number of aliphatic carboxylic acids is 1. The molecule has 1 amide bonds. The number of carbonyl (C=O) groups excluding carboxylic acids is 1. The van der Waals surface area contributed by atoms with Crippen molar-refractivity contribution < 1.29 is 14.7 Å². The summed E-state index contributed by atoms with van der Waals surface area (Å²) in [5.74, 6) is -1.64. The zero-order valence-corrected chi connectivity index (χ0v) is 7.60. The lowest BCUT2D eigenvalue weighted by molar-refractivity contribution is -0.142. The summed E-state index contributed by atoms with van der Waals surface area (Å²) in [5.41, 5.74) is 0. The van der Waals surface area contributed by atoms with E-state index in [0.29, 0.717) is 12.8 Å². The first-order chi connectivity index (χ1) is 5.61. The average Bonchev–Trinajstić information content (AvgIpc) is 2.04. The third kappa shape index (κ3) is 4.18. The first-order valence-electron chi connectivity index (χ1n) is 3.74. The number of hydrogen-bond acceptors (Lipinski definition) is 2. The Bertz CT molecular complexity index is 172. The van der Waals surface area contributed by atoms with Crippen LogP contribution in [0, 0.1) is 5.92 Å². The molecule has 0 rings (SSSR count). The van der Waals surface area contributed by atoms with Crippen LogP contribution in [-0.2, 0) is 9.59 Å². The van der Waals surface area contributed by atoms with Crippen molar-refractivity contribution >= 4 is 23.7 Å². The van der Waals surface area contributed by atoms with E-state index in [1.165, 1.54) is 0 Å². The molecule has 0 aromatic carbocycles. The van der Waals surface area contributed by atoms with Crippen molar-refractivity contribution in [3.8, 4) is 0 Å². The fourth-order valence-electron chi connectivity index (χ4n) is 0.855. The maximum Gasteiger partial charge on any atom is 0.306 e. The van der Waals surface area contributed by atoms with E-state index in [0.717, 1.165) is 0 Å². The molecule has 5 heteroatoms. The normalized spacial score (nSPS) is 12.2. The van der Waals surface area contributed by atoms with Gasteiger partial charge in [-0.1, -0.05) is 6.92 Å². The molecule has 0 saturated heterocycles. The molecule has 0 bridgehead atoms. The third-order valence-corrected chi connectivity index (χ3v) is 1.88. The van der Waals surface area contributed by atoms with Crippen molar-refractivity contribution in [2.45, 2.75) is 26.2 Å². The highest BCUT2D eigenvalue weighted by Gasteiger charge is 2.15. The SMILES string of the molecule is CCC(CCC(=O)NCl)C(=O)O. The first-order valence-corrected chi connectivity index (χ1v) is 4.11. The van der Waals surface area contributed by atoms with Gasteiger partial charge in [0, 0.05) is 18.2 Å². The lowest BCUT2D eigenvalue weighted by Gasteiger charge is -2.07. The zero-order chi connectivity index (χ0) is 9.56. The van der Waals surface area contributed by atoms with Crippen molar-refractivity contribution in [1.82, 2.24) is 4.84 Å². The van der Waals surface area contributed by atoms with Crippen LogP contribution in [0.4, 0.5) is 0 Å². The molecule has 1 atom stereocenters. The van der Waals surface area contributed by atoms with Gasteiger partial charge in [-0.15, -0.1) is 0 Å². The standard InChI is InChI=1S/C7H12ClNO3/c1-2-5(7(11)12)3-4-6(10)9-8/h5H,2-4H2,1H3,(H,9,10)(H,11,12). The topological polar surface area (TPSA) is 66.4 Å². The molecule has 0 aromatic heterocycles. The summed E-state index contributed by atoms with van der Waals surface area (Å²) in [6.07, 6.45) is 1.03. The van der Waals surface area contributed by atoms with E-state index < -0.39 is 11.9 Å². The monoisotopic (exact) mass is 193 g/mol. The van der Waals surface area contributed by atoms with E-state index in [4.69, 9.17) is 16.9 Å². The molecule has 0 aliphatic heterocycles. The highest BCUT2D eigenvalue weighted by Crippen LogP contribution is 2.10. The summed E-state index contributed by atoms with van der Waals surface area (Å²) in [4.78, 5) is 23.0. The number of amides is 1. The van der Waals surface area contributed by atoms with Gasteiger partial charge >= 0.3 is 5.97 Å². The summed E-state index contributed by atoms with van der Waals surface area (Å²) < 4.78 is 0. The molecule has 12 heavy (non-hydrogen) atoms. The molecule has 1 unspecified atom stereocenters. The molecular formula is C7H12ClNO3. The van der Waals surface area contributed by atoms with Gasteiger partial charge in [-0.3, -0.25) is 14.4 Å². The van der Waals surface area contributed by atoms with E-state index in [1.807, 2.05) is 4.84 Å². The van der Waals surface area contributed by atoms with Crippen LogP contribution in [0.25, 0.3) is 0 Å². The Hall–Kier alpha value is -0.770. The number of rotatable bonds is 5. The minimum absolute atomic E-state index is 0.161. The Morgan fingerprint density at radius 3 is 2.50 bits per heavy atom. The molecule has 0 fully saturated rings. The Labute approximate surface area is 76.0 Å². The highest BCUT2D eigenvalue weighted by molar-refractivity contribution is 6.21. The lowest BCUT2D eigenvalue weighted by atomic mass is 10.0. The average molecular weight is 194 g/mol. The summed E-state index contributed by atoms with van der Waals surface area (Å²) in [6.45, 7) is 1.78. The Morgan fingerprint density at radius 2 is 2.17 bits per heavy atom. The lowest BCUT2D eigenvalue weighted by Crippen LogP contribution is -2.18. The largest absolute Gasteiger partial charge is 0.481 e. The van der Waals surface area contributed by atoms with Gasteiger partial charge in [0.15, 0.2) is 0 Å². The number of carboxylic acids is 1. The van der Waals surface area contributed by atoms with Crippen molar-refractivity contribution in [2.24, 2.45) is 5.92 Å². The van der Waals surface area contributed by atoms with Crippen molar-refractivity contribution in [2.75, 3.05) is 0 Å². The molecule has 0 radical (unpaired) electrons. The molecule has 2 N–H and O–H groups in total. The van der Waals surface area contributed by atoms with Gasteiger partial charge in [0.05, 0.1) is 5.92 Å². The molecule has 70 valence electrons. The molecule has 0 aliphatic carbocycles. The summed E-state index contributed by atoms with van der Waals surface area (Å²) in [5, 5.41) is 8.59. The molecule has 0 heterocycles. The number of halogens is 1. The van der Waals surface area contributed by atoms with Gasteiger partial charge in [-0.25, -0.2) is 0 Å². The van der Waals surface area contributed by atoms with Gasteiger partial charge in [0.2, 0.25) is 5.91 Å². The van der Waals surface area contributed by atoms with Gasteiger partial charge < -0.3 is 5.11 Å². The first kappa shape index (κ1) is 11.2. The number of hydrogen-bond donors (Lipinski definition) is 2. The van der Waals surface area contributed by atoms with Gasteiger partial charge in [0.1, 0.15) is 0 Å². The van der Waals surface area contributed by atoms with Crippen LogP contribution in [0.1, 0.15) is 26.2 Å². The third-order valence-electron chi connectivity index (χ3n) is 1.67. The van der Waals surface area contributed by atoms with E-state index in [1.54, 1.807) is 6.92 Å². The molecule has 4 nitrogen and oxygen atoms in total. The maximum atomic E-state index is 10.6. The van der Waals surface area contributed by atoms with Gasteiger partial charge in [0.25, 0.3) is 0 Å². The van der Waals surface area contributed by atoms with Crippen LogP contribution in [0.2, 0.25) is 0 Å². The second-order valence-electron chi connectivity index (χ2n) is 2.50. The summed E-state index contributed by atoms with van der Waals surface area (Å²) >= 11 is 5.01. The molecule has 0 aliphatic rings. The van der Waals surface area contributed by atoms with Crippen LogP contribution in [-0.4, -0.2) is 17.0 Å². The number of carbonyl (C=O) groups is 2. The fraction of sp³-hybridized carbons (Fsp3) is 0.714. The van der Waals surface area contributed by atoms with Crippen LogP contribution in [0.15, 0.2) is 0 Å². The molecule has 0 saturated carbocycles. The second kappa shape index (κ2) is 5.83. The van der Waals surface area contributed by atoms with Crippen molar-refractivity contribution in [3.63, 3.8) is 0 Å². The smallest absolute Gasteiger partial charge is 0.306 e. The number of nitrogens with one attached hydrogen (secondary N) is 1. The van der Waals surface area contributed by atoms with Crippen LogP contribution >= 0.6 is 11.8 Å². The highest BCUT2D eigenvalue weighted by atomic mass is 35.5. The Balaban J connectivity index is 3.73.